The van der Waals surface area contributed by atoms with E-state index in [1.54, 1.807) is 17.9 Å². The van der Waals surface area contributed by atoms with Crippen molar-refractivity contribution in [2.45, 2.75) is 13.5 Å². The van der Waals surface area contributed by atoms with Crippen LogP contribution >= 0.6 is 11.6 Å². The predicted octanol–water partition coefficient (Wildman–Crippen LogP) is 0.917. The van der Waals surface area contributed by atoms with Gasteiger partial charge in [0.25, 0.3) is 5.91 Å². The van der Waals surface area contributed by atoms with Crippen LogP contribution < -0.4 is 5.32 Å². The molecule has 9 nitrogen and oxygen atoms in total. The Morgan fingerprint density at radius 2 is 2.29 bits per heavy atom. The molecule has 0 aromatic carbocycles. The number of nitro groups is 1. The van der Waals surface area contributed by atoms with E-state index in [4.69, 9.17) is 11.6 Å². The molecule has 0 saturated carbocycles. The van der Waals surface area contributed by atoms with E-state index >= 15 is 0 Å². The monoisotopic (exact) mass is 312 g/mol. The Labute approximate surface area is 124 Å². The molecule has 21 heavy (non-hydrogen) atoms. The molecule has 0 spiro atoms. The van der Waals surface area contributed by atoms with Crippen LogP contribution in [0.15, 0.2) is 12.4 Å². The minimum absolute atomic E-state index is 0.196. The molecular weight excluding hydrogens is 300 g/mol. The number of carbonyl (C=O) groups is 1. The van der Waals surface area contributed by atoms with Gasteiger partial charge in [0, 0.05) is 19.8 Å². The van der Waals surface area contributed by atoms with E-state index < -0.39 is 10.8 Å². The second kappa shape index (κ2) is 5.92. The van der Waals surface area contributed by atoms with Crippen LogP contribution in [0.4, 0.5) is 5.69 Å². The van der Waals surface area contributed by atoms with Gasteiger partial charge in [-0.15, -0.1) is 0 Å². The summed E-state index contributed by atoms with van der Waals surface area (Å²) in [5, 5.41) is 21.9. The zero-order valence-electron chi connectivity index (χ0n) is 11.4. The van der Waals surface area contributed by atoms with Crippen molar-refractivity contribution < 1.29 is 9.72 Å². The molecule has 0 bridgehead atoms. The Morgan fingerprint density at radius 3 is 2.86 bits per heavy atom. The topological polar surface area (TPSA) is 108 Å². The molecule has 0 aliphatic heterocycles. The number of carbonyl (C=O) groups excluding carboxylic acids is 1. The number of aryl methyl sites for hydroxylation is 1. The summed E-state index contributed by atoms with van der Waals surface area (Å²) in [4.78, 5) is 22.4. The Kier molecular flexibility index (Phi) is 4.22. The van der Waals surface area contributed by atoms with Crippen LogP contribution in [-0.2, 0) is 13.6 Å². The third kappa shape index (κ3) is 3.19. The highest BCUT2D eigenvalue weighted by molar-refractivity contribution is 6.30. The summed E-state index contributed by atoms with van der Waals surface area (Å²) < 4.78 is 2.86. The first kappa shape index (κ1) is 15.0. The van der Waals surface area contributed by atoms with Crippen LogP contribution in [0.2, 0.25) is 5.02 Å². The minimum Gasteiger partial charge on any atom is -0.349 e. The number of nitrogens with zero attached hydrogens (tertiary/aromatic N) is 5. The van der Waals surface area contributed by atoms with Gasteiger partial charge < -0.3 is 5.32 Å². The van der Waals surface area contributed by atoms with E-state index in [2.05, 4.69) is 15.5 Å². The fourth-order valence-corrected chi connectivity index (χ4v) is 1.95. The number of hydrogen-bond donors (Lipinski definition) is 1. The maximum Gasteiger partial charge on any atom is 0.322 e. The second-order valence-corrected chi connectivity index (χ2v) is 4.78. The number of amides is 1. The molecule has 2 heterocycles. The molecule has 0 aliphatic rings. The third-order valence-electron chi connectivity index (χ3n) is 2.93. The first-order valence-corrected chi connectivity index (χ1v) is 6.42. The summed E-state index contributed by atoms with van der Waals surface area (Å²) in [6.07, 6.45) is 3.09. The lowest BCUT2D eigenvalue weighted by atomic mass is 10.3. The summed E-state index contributed by atoms with van der Waals surface area (Å²) in [6, 6.07) is 0. The molecule has 2 rings (SSSR count). The standard InChI is InChI=1S/C11H13ClN6O3/c1-7-10(18(20)21)9(15-16(7)2)11(19)13-3-4-17-6-8(12)5-14-17/h5-6H,3-4H2,1-2H3,(H,13,19). The highest BCUT2D eigenvalue weighted by Gasteiger charge is 2.28. The molecular formula is C11H13ClN6O3. The molecule has 10 heteroatoms. The van der Waals surface area contributed by atoms with Gasteiger partial charge in [-0.3, -0.25) is 24.3 Å². The van der Waals surface area contributed by atoms with Crippen molar-refractivity contribution in [1.29, 1.82) is 0 Å². The lowest BCUT2D eigenvalue weighted by Crippen LogP contribution is -2.28. The molecule has 0 aliphatic carbocycles. The number of halogens is 1. The van der Waals surface area contributed by atoms with Gasteiger partial charge in [0.1, 0.15) is 5.69 Å². The van der Waals surface area contributed by atoms with Gasteiger partial charge in [-0.1, -0.05) is 11.6 Å². The number of rotatable bonds is 5. The molecule has 0 unspecified atom stereocenters. The van der Waals surface area contributed by atoms with Crippen molar-refractivity contribution in [1.82, 2.24) is 24.9 Å². The van der Waals surface area contributed by atoms with E-state index in [9.17, 15) is 14.9 Å². The fraction of sp³-hybridized carbons (Fsp3) is 0.364. The minimum atomic E-state index is -0.607. The maximum absolute atomic E-state index is 12.0. The molecule has 2 aromatic rings. The van der Waals surface area contributed by atoms with Gasteiger partial charge in [-0.25, -0.2) is 0 Å². The van der Waals surface area contributed by atoms with E-state index in [1.807, 2.05) is 0 Å². The van der Waals surface area contributed by atoms with Crippen LogP contribution in [0.3, 0.4) is 0 Å². The Balaban J connectivity index is 2.04. The van der Waals surface area contributed by atoms with Crippen LogP contribution in [0.1, 0.15) is 16.2 Å². The first-order valence-electron chi connectivity index (χ1n) is 6.04. The Bertz CT molecular complexity index is 692. The SMILES string of the molecule is Cc1c([N+](=O)[O-])c(C(=O)NCCn2cc(Cl)cn2)nn1C. The highest BCUT2D eigenvalue weighted by Crippen LogP contribution is 2.21. The van der Waals surface area contributed by atoms with E-state index in [-0.39, 0.29) is 17.9 Å². The molecule has 0 atom stereocenters. The quantitative estimate of drug-likeness (QED) is 0.652. The summed E-state index contributed by atoms with van der Waals surface area (Å²) in [5.41, 5.74) is -0.153. The molecule has 0 fully saturated rings. The Hall–Kier alpha value is -2.42. The summed E-state index contributed by atoms with van der Waals surface area (Å²) in [5.74, 6) is -0.594. The van der Waals surface area contributed by atoms with Crippen molar-refractivity contribution in [3.05, 3.63) is 38.9 Å². The van der Waals surface area contributed by atoms with Crippen molar-refractivity contribution in [3.8, 4) is 0 Å². The van der Waals surface area contributed by atoms with E-state index in [0.29, 0.717) is 17.3 Å². The van der Waals surface area contributed by atoms with E-state index in [1.165, 1.54) is 17.8 Å². The third-order valence-corrected chi connectivity index (χ3v) is 3.12. The summed E-state index contributed by atoms with van der Waals surface area (Å²) >= 11 is 5.72. The van der Waals surface area contributed by atoms with E-state index in [0.717, 1.165) is 0 Å². The Morgan fingerprint density at radius 1 is 1.57 bits per heavy atom. The highest BCUT2D eigenvalue weighted by atomic mass is 35.5. The molecule has 1 amide bonds. The van der Waals surface area contributed by atoms with Gasteiger partial charge in [0.15, 0.2) is 0 Å². The van der Waals surface area contributed by atoms with Crippen molar-refractivity contribution in [2.24, 2.45) is 7.05 Å². The van der Waals surface area contributed by atoms with Gasteiger partial charge in [0.05, 0.1) is 22.7 Å². The van der Waals surface area contributed by atoms with Crippen LogP contribution in [0, 0.1) is 17.0 Å². The number of aromatic nitrogens is 4. The number of hydrogen-bond acceptors (Lipinski definition) is 5. The second-order valence-electron chi connectivity index (χ2n) is 4.34. The van der Waals surface area contributed by atoms with Gasteiger partial charge in [-0.05, 0) is 6.92 Å². The molecule has 2 aromatic heterocycles. The van der Waals surface area contributed by atoms with Crippen LogP contribution in [-0.4, -0.2) is 36.9 Å². The molecule has 0 saturated heterocycles. The summed E-state index contributed by atoms with van der Waals surface area (Å²) in [7, 11) is 1.55. The van der Waals surface area contributed by atoms with Gasteiger partial charge >= 0.3 is 5.69 Å². The predicted molar refractivity (Wildman–Crippen MR) is 74.2 cm³/mol. The van der Waals surface area contributed by atoms with Gasteiger partial charge in [0.2, 0.25) is 5.69 Å². The zero-order valence-corrected chi connectivity index (χ0v) is 12.2. The van der Waals surface area contributed by atoms with Crippen LogP contribution in [0.5, 0.6) is 0 Å². The largest absolute Gasteiger partial charge is 0.349 e. The lowest BCUT2D eigenvalue weighted by Gasteiger charge is -2.03. The van der Waals surface area contributed by atoms with Crippen molar-refractivity contribution in [2.75, 3.05) is 6.54 Å². The van der Waals surface area contributed by atoms with Crippen molar-refractivity contribution in [3.63, 3.8) is 0 Å². The first-order chi connectivity index (χ1) is 9.90. The molecule has 1 N–H and O–H groups in total. The average molecular weight is 313 g/mol. The van der Waals surface area contributed by atoms with Crippen LogP contribution in [0.25, 0.3) is 0 Å². The number of nitrogens with one attached hydrogen (secondary N) is 1. The normalized spacial score (nSPS) is 10.6. The maximum atomic E-state index is 12.0. The molecule has 112 valence electrons. The van der Waals surface area contributed by atoms with Crippen molar-refractivity contribution >= 4 is 23.2 Å². The zero-order chi connectivity index (χ0) is 15.6. The fourth-order valence-electron chi connectivity index (χ4n) is 1.80. The average Bonchev–Trinajstić information content (AvgIpc) is 2.94. The van der Waals surface area contributed by atoms with Gasteiger partial charge in [-0.2, -0.15) is 10.2 Å². The summed E-state index contributed by atoms with van der Waals surface area (Å²) in [6.45, 7) is 2.19. The lowest BCUT2D eigenvalue weighted by molar-refractivity contribution is -0.385. The smallest absolute Gasteiger partial charge is 0.322 e. The molecule has 0 radical (unpaired) electrons.